The van der Waals surface area contributed by atoms with Crippen LogP contribution in [0.5, 0.6) is 0 Å². The summed E-state index contributed by atoms with van der Waals surface area (Å²) in [5, 5.41) is 3.91. The van der Waals surface area contributed by atoms with Gasteiger partial charge in [0.2, 0.25) is 0 Å². The number of aromatic nitrogens is 1. The van der Waals surface area contributed by atoms with Crippen LogP contribution in [0.4, 0.5) is 5.69 Å². The molecule has 3 aromatic rings. The number of aryl methyl sites for hydroxylation is 1. The zero-order chi connectivity index (χ0) is 18.7. The van der Waals surface area contributed by atoms with Crippen molar-refractivity contribution in [3.8, 4) is 0 Å². The predicted molar refractivity (Wildman–Crippen MR) is 102 cm³/mol. The predicted octanol–water partition coefficient (Wildman–Crippen LogP) is 4.30. The number of hydrogen-bond acceptors (Lipinski definition) is 4. The number of nitrogens with zero attached hydrogens (tertiary/aromatic N) is 1. The standard InChI is InChI=1S/C20H17ClN2O3/c1-12-4-3-5-16(13(12)2)23-19(24)11-26-20(25)15-6-8-17-14(10-15)7-9-18(21)22-17/h3-10H,11H2,1-2H3,(H,23,24). The molecule has 26 heavy (non-hydrogen) atoms. The third-order valence-electron chi connectivity index (χ3n) is 4.10. The molecule has 0 bridgehead atoms. The van der Waals surface area contributed by atoms with Gasteiger partial charge in [-0.05, 0) is 61.4 Å². The van der Waals surface area contributed by atoms with Crippen LogP contribution in [0.25, 0.3) is 10.9 Å². The zero-order valence-electron chi connectivity index (χ0n) is 14.4. The maximum absolute atomic E-state index is 12.2. The van der Waals surface area contributed by atoms with E-state index < -0.39 is 5.97 Å². The molecule has 2 aromatic carbocycles. The zero-order valence-corrected chi connectivity index (χ0v) is 15.1. The second-order valence-electron chi connectivity index (χ2n) is 5.91. The number of amides is 1. The highest BCUT2D eigenvalue weighted by Gasteiger charge is 2.12. The Balaban J connectivity index is 1.64. The molecule has 0 fully saturated rings. The molecule has 0 aliphatic heterocycles. The molecule has 0 saturated heterocycles. The monoisotopic (exact) mass is 368 g/mol. The quantitative estimate of drug-likeness (QED) is 0.550. The van der Waals surface area contributed by atoms with Crippen molar-refractivity contribution >= 4 is 40.1 Å². The number of esters is 1. The minimum absolute atomic E-state index is 0.348. The third kappa shape index (κ3) is 4.00. The Morgan fingerprint density at radius 2 is 1.92 bits per heavy atom. The Bertz CT molecular complexity index is 1000. The van der Waals surface area contributed by atoms with E-state index in [1.165, 1.54) is 0 Å². The number of ether oxygens (including phenoxy) is 1. The van der Waals surface area contributed by atoms with Crippen LogP contribution in [0.2, 0.25) is 5.15 Å². The van der Waals surface area contributed by atoms with E-state index in [-0.39, 0.29) is 12.5 Å². The number of pyridine rings is 1. The van der Waals surface area contributed by atoms with E-state index in [0.717, 1.165) is 16.5 Å². The molecule has 5 nitrogen and oxygen atoms in total. The van der Waals surface area contributed by atoms with Crippen molar-refractivity contribution in [3.63, 3.8) is 0 Å². The number of carbonyl (C=O) groups excluding carboxylic acids is 2. The van der Waals surface area contributed by atoms with Crippen molar-refractivity contribution in [2.75, 3.05) is 11.9 Å². The lowest BCUT2D eigenvalue weighted by molar-refractivity contribution is -0.119. The first-order valence-electron chi connectivity index (χ1n) is 8.03. The van der Waals surface area contributed by atoms with Crippen molar-refractivity contribution in [2.45, 2.75) is 13.8 Å². The molecule has 1 heterocycles. The van der Waals surface area contributed by atoms with Gasteiger partial charge in [0.25, 0.3) is 5.91 Å². The van der Waals surface area contributed by atoms with Crippen LogP contribution in [0.1, 0.15) is 21.5 Å². The summed E-state index contributed by atoms with van der Waals surface area (Å²) < 4.78 is 5.11. The van der Waals surface area contributed by atoms with Crippen LogP contribution >= 0.6 is 11.6 Å². The largest absolute Gasteiger partial charge is 0.452 e. The molecule has 1 aromatic heterocycles. The summed E-state index contributed by atoms with van der Waals surface area (Å²) in [5.41, 5.74) is 3.79. The summed E-state index contributed by atoms with van der Waals surface area (Å²) in [4.78, 5) is 28.4. The number of hydrogen-bond donors (Lipinski definition) is 1. The van der Waals surface area contributed by atoms with E-state index in [0.29, 0.717) is 21.9 Å². The lowest BCUT2D eigenvalue weighted by Crippen LogP contribution is -2.21. The molecule has 132 valence electrons. The molecule has 0 radical (unpaired) electrons. The highest BCUT2D eigenvalue weighted by Crippen LogP contribution is 2.19. The molecule has 0 saturated carbocycles. The van der Waals surface area contributed by atoms with E-state index in [1.54, 1.807) is 30.3 Å². The Morgan fingerprint density at radius 1 is 1.12 bits per heavy atom. The van der Waals surface area contributed by atoms with Gasteiger partial charge in [-0.3, -0.25) is 4.79 Å². The van der Waals surface area contributed by atoms with Crippen LogP contribution in [-0.2, 0) is 9.53 Å². The van der Waals surface area contributed by atoms with Crippen molar-refractivity contribution in [3.05, 3.63) is 70.4 Å². The van der Waals surface area contributed by atoms with Crippen molar-refractivity contribution in [1.29, 1.82) is 0 Å². The molecule has 0 unspecified atom stereocenters. The van der Waals surface area contributed by atoms with Crippen LogP contribution in [-0.4, -0.2) is 23.5 Å². The first kappa shape index (κ1) is 17.9. The average molecular weight is 369 g/mol. The first-order chi connectivity index (χ1) is 12.4. The van der Waals surface area contributed by atoms with E-state index in [9.17, 15) is 9.59 Å². The second-order valence-corrected chi connectivity index (χ2v) is 6.30. The average Bonchev–Trinajstić information content (AvgIpc) is 2.63. The Kier molecular flexibility index (Phi) is 5.19. The van der Waals surface area contributed by atoms with Gasteiger partial charge in [-0.15, -0.1) is 0 Å². The number of rotatable bonds is 4. The summed E-state index contributed by atoms with van der Waals surface area (Å²) in [6.07, 6.45) is 0. The van der Waals surface area contributed by atoms with Crippen LogP contribution in [0.3, 0.4) is 0 Å². The van der Waals surface area contributed by atoms with Gasteiger partial charge in [0.05, 0.1) is 11.1 Å². The maximum atomic E-state index is 12.2. The summed E-state index contributed by atoms with van der Waals surface area (Å²) in [6, 6.07) is 14.0. The molecule has 3 rings (SSSR count). The van der Waals surface area contributed by atoms with Gasteiger partial charge in [0.1, 0.15) is 5.15 Å². The second kappa shape index (κ2) is 7.54. The van der Waals surface area contributed by atoms with Crippen molar-refractivity contribution < 1.29 is 14.3 Å². The maximum Gasteiger partial charge on any atom is 0.338 e. The van der Waals surface area contributed by atoms with Gasteiger partial charge in [-0.25, -0.2) is 9.78 Å². The van der Waals surface area contributed by atoms with Gasteiger partial charge in [0, 0.05) is 11.1 Å². The van der Waals surface area contributed by atoms with Crippen molar-refractivity contribution in [2.24, 2.45) is 0 Å². The van der Waals surface area contributed by atoms with Crippen LogP contribution < -0.4 is 5.32 Å². The fourth-order valence-corrected chi connectivity index (χ4v) is 2.67. The minimum Gasteiger partial charge on any atom is -0.452 e. The van der Waals surface area contributed by atoms with Gasteiger partial charge >= 0.3 is 5.97 Å². The topological polar surface area (TPSA) is 68.3 Å². The van der Waals surface area contributed by atoms with Crippen LogP contribution in [0.15, 0.2) is 48.5 Å². The number of anilines is 1. The highest BCUT2D eigenvalue weighted by molar-refractivity contribution is 6.29. The number of nitrogens with one attached hydrogen (secondary N) is 1. The molecule has 0 aliphatic rings. The lowest BCUT2D eigenvalue weighted by atomic mass is 10.1. The highest BCUT2D eigenvalue weighted by atomic mass is 35.5. The lowest BCUT2D eigenvalue weighted by Gasteiger charge is -2.10. The third-order valence-corrected chi connectivity index (χ3v) is 4.31. The normalized spacial score (nSPS) is 10.6. The van der Waals surface area contributed by atoms with E-state index in [4.69, 9.17) is 16.3 Å². The molecule has 1 amide bonds. The molecule has 1 N–H and O–H groups in total. The Labute approximate surface area is 156 Å². The molecule has 0 aliphatic carbocycles. The van der Waals surface area contributed by atoms with E-state index in [1.807, 2.05) is 32.0 Å². The first-order valence-corrected chi connectivity index (χ1v) is 8.41. The fourth-order valence-electron chi connectivity index (χ4n) is 2.51. The number of benzene rings is 2. The SMILES string of the molecule is Cc1cccc(NC(=O)COC(=O)c2ccc3nc(Cl)ccc3c2)c1C. The fraction of sp³-hybridized carbons (Fsp3) is 0.150. The Hall–Kier alpha value is -2.92. The molecule has 0 atom stereocenters. The van der Waals surface area contributed by atoms with Crippen molar-refractivity contribution in [1.82, 2.24) is 4.98 Å². The molecular formula is C20H17ClN2O3. The smallest absolute Gasteiger partial charge is 0.338 e. The minimum atomic E-state index is -0.571. The summed E-state index contributed by atoms with van der Waals surface area (Å²) >= 11 is 5.85. The van der Waals surface area contributed by atoms with Gasteiger partial charge in [-0.2, -0.15) is 0 Å². The Morgan fingerprint density at radius 3 is 2.73 bits per heavy atom. The summed E-state index contributed by atoms with van der Waals surface area (Å²) in [5.74, 6) is -0.959. The molecule has 0 spiro atoms. The van der Waals surface area contributed by atoms with Gasteiger partial charge in [0.15, 0.2) is 6.61 Å². The van der Waals surface area contributed by atoms with Gasteiger partial charge < -0.3 is 10.1 Å². The van der Waals surface area contributed by atoms with Crippen LogP contribution in [0, 0.1) is 13.8 Å². The number of carbonyl (C=O) groups is 2. The summed E-state index contributed by atoms with van der Waals surface area (Å²) in [7, 11) is 0. The van der Waals surface area contributed by atoms with Gasteiger partial charge in [-0.1, -0.05) is 23.7 Å². The van der Waals surface area contributed by atoms with E-state index in [2.05, 4.69) is 10.3 Å². The number of fused-ring (bicyclic) bond motifs is 1. The summed E-state index contributed by atoms with van der Waals surface area (Å²) in [6.45, 7) is 3.53. The number of halogens is 1. The van der Waals surface area contributed by atoms with E-state index >= 15 is 0 Å². The molecule has 6 heteroatoms. The molecular weight excluding hydrogens is 352 g/mol.